The summed E-state index contributed by atoms with van der Waals surface area (Å²) in [6.45, 7) is 3.44. The van der Waals surface area contributed by atoms with E-state index in [2.05, 4.69) is 15.6 Å². The van der Waals surface area contributed by atoms with Gasteiger partial charge in [-0.1, -0.05) is 6.07 Å². The third-order valence-corrected chi connectivity index (χ3v) is 5.03. The molecule has 1 aromatic carbocycles. The Bertz CT molecular complexity index is 880. The van der Waals surface area contributed by atoms with Gasteiger partial charge in [-0.2, -0.15) is 0 Å². The minimum atomic E-state index is -0.430. The molecule has 1 aromatic heterocycles. The van der Waals surface area contributed by atoms with Gasteiger partial charge in [0.1, 0.15) is 5.82 Å². The van der Waals surface area contributed by atoms with Crippen molar-refractivity contribution in [2.75, 3.05) is 36.8 Å². The number of urea groups is 1. The van der Waals surface area contributed by atoms with Crippen molar-refractivity contribution in [2.45, 2.75) is 13.3 Å². The van der Waals surface area contributed by atoms with E-state index in [1.807, 2.05) is 0 Å². The second kappa shape index (κ2) is 8.79. The summed E-state index contributed by atoms with van der Waals surface area (Å²) >= 11 is 1.22. The van der Waals surface area contributed by atoms with Crippen LogP contribution in [-0.4, -0.2) is 58.8 Å². The van der Waals surface area contributed by atoms with Crippen molar-refractivity contribution < 1.29 is 18.8 Å². The number of rotatable bonds is 4. The quantitative estimate of drug-likeness (QED) is 0.815. The number of nitrogens with one attached hydrogen (secondary N) is 2. The Morgan fingerprint density at radius 3 is 2.54 bits per heavy atom. The van der Waals surface area contributed by atoms with Crippen molar-refractivity contribution in [1.82, 2.24) is 14.8 Å². The SMILES string of the molecule is CC(=O)N1CCN(C(=O)Nc2nc(CC(=O)Nc3cccc(F)c3)cs2)CC1. The molecule has 0 spiro atoms. The minimum absolute atomic E-state index is 0.00106. The van der Waals surface area contributed by atoms with Crippen LogP contribution in [-0.2, 0) is 16.0 Å². The van der Waals surface area contributed by atoms with Crippen LogP contribution < -0.4 is 10.6 Å². The van der Waals surface area contributed by atoms with E-state index in [4.69, 9.17) is 0 Å². The van der Waals surface area contributed by atoms with Crippen LogP contribution >= 0.6 is 11.3 Å². The van der Waals surface area contributed by atoms with Gasteiger partial charge in [0, 0.05) is 44.2 Å². The van der Waals surface area contributed by atoms with E-state index in [1.54, 1.807) is 21.2 Å². The lowest BCUT2D eigenvalue weighted by molar-refractivity contribution is -0.130. The third-order valence-electron chi connectivity index (χ3n) is 4.23. The fourth-order valence-corrected chi connectivity index (χ4v) is 3.48. The first-order valence-electron chi connectivity index (χ1n) is 8.72. The van der Waals surface area contributed by atoms with Crippen molar-refractivity contribution >= 4 is 40.0 Å². The molecule has 1 aliphatic heterocycles. The van der Waals surface area contributed by atoms with Crippen LogP contribution in [0.15, 0.2) is 29.6 Å². The largest absolute Gasteiger partial charge is 0.339 e. The highest BCUT2D eigenvalue weighted by molar-refractivity contribution is 7.13. The highest BCUT2D eigenvalue weighted by Gasteiger charge is 2.23. The normalized spacial score (nSPS) is 13.9. The predicted octanol–water partition coefficient (Wildman–Crippen LogP) is 2.16. The molecule has 10 heteroatoms. The van der Waals surface area contributed by atoms with E-state index in [9.17, 15) is 18.8 Å². The van der Waals surface area contributed by atoms with Crippen LogP contribution in [0.2, 0.25) is 0 Å². The van der Waals surface area contributed by atoms with Crippen molar-refractivity contribution in [3.05, 3.63) is 41.2 Å². The number of hydrogen-bond acceptors (Lipinski definition) is 5. The number of piperazine rings is 1. The Morgan fingerprint density at radius 1 is 1.14 bits per heavy atom. The number of benzene rings is 1. The standard InChI is InChI=1S/C18H20FN5O3S/c1-12(25)23-5-7-24(8-6-23)18(27)22-17-21-15(11-28-17)10-16(26)20-14-4-2-3-13(19)9-14/h2-4,9,11H,5-8,10H2,1H3,(H,20,26)(H,21,22,27). The maximum Gasteiger partial charge on any atom is 0.323 e. The highest BCUT2D eigenvalue weighted by atomic mass is 32.1. The first-order valence-corrected chi connectivity index (χ1v) is 9.60. The first-order chi connectivity index (χ1) is 13.4. The summed E-state index contributed by atoms with van der Waals surface area (Å²) in [5.74, 6) is -0.754. The number of carbonyl (C=O) groups is 3. The molecule has 0 aliphatic carbocycles. The Kier molecular flexibility index (Phi) is 6.19. The molecule has 0 bridgehead atoms. The molecule has 8 nitrogen and oxygen atoms in total. The molecule has 2 aromatic rings. The van der Waals surface area contributed by atoms with Gasteiger partial charge in [0.25, 0.3) is 0 Å². The lowest BCUT2D eigenvalue weighted by Crippen LogP contribution is -2.51. The zero-order chi connectivity index (χ0) is 20.1. The Balaban J connectivity index is 1.49. The van der Waals surface area contributed by atoms with Gasteiger partial charge < -0.3 is 15.1 Å². The molecule has 2 heterocycles. The molecule has 2 N–H and O–H groups in total. The number of carbonyl (C=O) groups excluding carboxylic acids is 3. The van der Waals surface area contributed by atoms with Crippen molar-refractivity contribution in [3.8, 4) is 0 Å². The van der Waals surface area contributed by atoms with Gasteiger partial charge >= 0.3 is 6.03 Å². The van der Waals surface area contributed by atoms with E-state index in [0.29, 0.717) is 42.7 Å². The molecule has 4 amide bonds. The minimum Gasteiger partial charge on any atom is -0.339 e. The van der Waals surface area contributed by atoms with Gasteiger partial charge in [-0.3, -0.25) is 14.9 Å². The van der Waals surface area contributed by atoms with E-state index in [1.165, 1.54) is 36.5 Å². The zero-order valence-electron chi connectivity index (χ0n) is 15.3. The van der Waals surface area contributed by atoms with Crippen LogP contribution in [0.1, 0.15) is 12.6 Å². The monoisotopic (exact) mass is 405 g/mol. The van der Waals surface area contributed by atoms with Crippen molar-refractivity contribution in [3.63, 3.8) is 0 Å². The van der Waals surface area contributed by atoms with Gasteiger partial charge in [-0.15, -0.1) is 11.3 Å². The number of anilines is 2. The Hall–Kier alpha value is -3.01. The molecule has 1 saturated heterocycles. The molecular weight excluding hydrogens is 385 g/mol. The molecule has 0 saturated carbocycles. The fraction of sp³-hybridized carbons (Fsp3) is 0.333. The molecule has 3 rings (SSSR count). The fourth-order valence-electron chi connectivity index (χ4n) is 2.78. The molecule has 0 atom stereocenters. The Labute approximate surface area is 165 Å². The second-order valence-corrected chi connectivity index (χ2v) is 7.16. The first kappa shape index (κ1) is 19.7. The van der Waals surface area contributed by atoms with Crippen LogP contribution in [0.25, 0.3) is 0 Å². The topological polar surface area (TPSA) is 94.6 Å². The molecule has 0 unspecified atom stereocenters. The van der Waals surface area contributed by atoms with Crippen LogP contribution in [0.3, 0.4) is 0 Å². The second-order valence-electron chi connectivity index (χ2n) is 6.30. The zero-order valence-corrected chi connectivity index (χ0v) is 16.1. The molecular formula is C18H20FN5O3S. The van der Waals surface area contributed by atoms with Gasteiger partial charge in [0.05, 0.1) is 12.1 Å². The highest BCUT2D eigenvalue weighted by Crippen LogP contribution is 2.18. The third kappa shape index (κ3) is 5.26. The molecule has 28 heavy (non-hydrogen) atoms. The predicted molar refractivity (Wildman–Crippen MR) is 104 cm³/mol. The number of aromatic nitrogens is 1. The van der Waals surface area contributed by atoms with Gasteiger partial charge in [-0.05, 0) is 18.2 Å². The lowest BCUT2D eigenvalue weighted by atomic mass is 10.3. The van der Waals surface area contributed by atoms with Crippen LogP contribution in [0.5, 0.6) is 0 Å². The summed E-state index contributed by atoms with van der Waals surface area (Å²) in [7, 11) is 0. The number of thiazole rings is 1. The van der Waals surface area contributed by atoms with Crippen LogP contribution in [0, 0.1) is 5.82 Å². The van der Waals surface area contributed by atoms with Gasteiger partial charge in [0.15, 0.2) is 5.13 Å². The van der Waals surface area contributed by atoms with E-state index >= 15 is 0 Å². The van der Waals surface area contributed by atoms with Gasteiger partial charge in [-0.25, -0.2) is 14.2 Å². The summed E-state index contributed by atoms with van der Waals surface area (Å²) in [6, 6.07) is 5.35. The van der Waals surface area contributed by atoms with Crippen molar-refractivity contribution in [1.29, 1.82) is 0 Å². The van der Waals surface area contributed by atoms with E-state index in [-0.39, 0.29) is 24.3 Å². The number of halogens is 1. The maximum atomic E-state index is 13.2. The smallest absolute Gasteiger partial charge is 0.323 e. The molecule has 148 valence electrons. The molecule has 1 aliphatic rings. The Morgan fingerprint density at radius 2 is 1.86 bits per heavy atom. The maximum absolute atomic E-state index is 13.2. The number of hydrogen-bond donors (Lipinski definition) is 2. The van der Waals surface area contributed by atoms with Crippen LogP contribution in [0.4, 0.5) is 20.0 Å². The van der Waals surface area contributed by atoms with E-state index in [0.717, 1.165) is 0 Å². The molecule has 1 fully saturated rings. The summed E-state index contributed by atoms with van der Waals surface area (Å²) in [5, 5.41) is 7.41. The summed E-state index contributed by atoms with van der Waals surface area (Å²) < 4.78 is 13.2. The van der Waals surface area contributed by atoms with Crippen molar-refractivity contribution in [2.24, 2.45) is 0 Å². The summed E-state index contributed by atoms with van der Waals surface area (Å²) in [5.41, 5.74) is 0.883. The summed E-state index contributed by atoms with van der Waals surface area (Å²) in [6.07, 6.45) is 0.0141. The summed E-state index contributed by atoms with van der Waals surface area (Å²) in [4.78, 5) is 43.3. The number of amides is 4. The average Bonchev–Trinajstić information content (AvgIpc) is 3.08. The molecule has 0 radical (unpaired) electrons. The average molecular weight is 405 g/mol. The van der Waals surface area contributed by atoms with Gasteiger partial charge in [0.2, 0.25) is 11.8 Å². The van der Waals surface area contributed by atoms with E-state index < -0.39 is 5.82 Å². The number of nitrogens with zero attached hydrogens (tertiary/aromatic N) is 3. The lowest BCUT2D eigenvalue weighted by Gasteiger charge is -2.33.